The Balaban J connectivity index is 1.38. The summed E-state index contributed by atoms with van der Waals surface area (Å²) in [7, 11) is 0. The van der Waals surface area contributed by atoms with Gasteiger partial charge in [0.25, 0.3) is 0 Å². The molecule has 0 N–H and O–H groups in total. The lowest BCUT2D eigenvalue weighted by atomic mass is 10.0. The van der Waals surface area contributed by atoms with Crippen molar-refractivity contribution in [1.82, 2.24) is 14.5 Å². The molecule has 0 aliphatic carbocycles. The Morgan fingerprint density at radius 1 is 0.558 bits per heavy atom. The molecule has 0 radical (unpaired) electrons. The summed E-state index contributed by atoms with van der Waals surface area (Å²) in [4.78, 5) is 10.7. The highest BCUT2D eigenvalue weighted by Crippen LogP contribution is 2.42. The fourth-order valence-electron chi connectivity index (χ4n) is 6.70. The Morgan fingerprint density at radius 2 is 1.33 bits per heavy atom. The van der Waals surface area contributed by atoms with Gasteiger partial charge in [-0.3, -0.25) is 4.57 Å². The maximum atomic E-state index is 6.26. The number of aromatic nitrogens is 3. The van der Waals surface area contributed by atoms with E-state index >= 15 is 0 Å². The van der Waals surface area contributed by atoms with Gasteiger partial charge in [0, 0.05) is 37.2 Å². The molecule has 6 aromatic carbocycles. The van der Waals surface area contributed by atoms with Gasteiger partial charge in [-0.25, -0.2) is 9.97 Å². The van der Waals surface area contributed by atoms with Crippen molar-refractivity contribution >= 4 is 86.2 Å². The zero-order chi connectivity index (χ0) is 28.1. The summed E-state index contributed by atoms with van der Waals surface area (Å²) in [6, 6.07) is 44.7. The summed E-state index contributed by atoms with van der Waals surface area (Å²) < 4.78 is 10.8. The van der Waals surface area contributed by atoms with Gasteiger partial charge in [0.1, 0.15) is 11.2 Å². The molecule has 4 nitrogen and oxygen atoms in total. The highest BCUT2D eigenvalue weighted by atomic mass is 32.1. The number of nitrogens with zero attached hydrogens (tertiary/aromatic N) is 3. The molecule has 0 aliphatic rings. The van der Waals surface area contributed by atoms with Crippen LogP contribution >= 0.6 is 11.3 Å². The first-order valence-electron chi connectivity index (χ1n) is 14.3. The van der Waals surface area contributed by atoms with E-state index < -0.39 is 0 Å². The van der Waals surface area contributed by atoms with E-state index in [9.17, 15) is 0 Å². The van der Waals surface area contributed by atoms with E-state index in [-0.39, 0.29) is 0 Å². The van der Waals surface area contributed by atoms with E-state index in [1.165, 1.54) is 20.9 Å². The van der Waals surface area contributed by atoms with Crippen LogP contribution in [-0.2, 0) is 0 Å². The standard InChI is InChI=1S/C38H21N3OS/c1-2-10-22(11-3-1)35-37-36(26-14-6-9-17-33(26)43-37)40-38(39-35)41-29-15-7-4-12-24(29)28-20-23-18-19-32-34(27(23)21-30(28)41)25-13-5-8-16-31(25)42-32/h1-21H. The number of benzene rings is 6. The molecule has 0 saturated heterocycles. The first-order valence-corrected chi connectivity index (χ1v) is 15.2. The number of hydrogen-bond acceptors (Lipinski definition) is 4. The molecule has 0 unspecified atom stereocenters. The van der Waals surface area contributed by atoms with Gasteiger partial charge in [-0.1, -0.05) is 91.0 Å². The number of thiophene rings is 1. The number of rotatable bonds is 2. The lowest BCUT2D eigenvalue weighted by Gasteiger charge is -2.10. The summed E-state index contributed by atoms with van der Waals surface area (Å²) in [5.41, 5.74) is 6.97. The summed E-state index contributed by atoms with van der Waals surface area (Å²) >= 11 is 1.76. The molecule has 10 rings (SSSR count). The van der Waals surface area contributed by atoms with Crippen LogP contribution in [-0.4, -0.2) is 14.5 Å². The van der Waals surface area contributed by atoms with Crippen molar-refractivity contribution in [2.75, 3.05) is 0 Å². The summed E-state index contributed by atoms with van der Waals surface area (Å²) in [5.74, 6) is 0.671. The minimum atomic E-state index is 0.671. The average molecular weight is 568 g/mol. The number of hydrogen-bond donors (Lipinski definition) is 0. The Morgan fingerprint density at radius 3 is 2.23 bits per heavy atom. The van der Waals surface area contributed by atoms with Crippen molar-refractivity contribution in [3.05, 3.63) is 127 Å². The maximum Gasteiger partial charge on any atom is 0.235 e. The largest absolute Gasteiger partial charge is 0.456 e. The number of fused-ring (bicyclic) bond motifs is 11. The molecule has 0 fully saturated rings. The van der Waals surface area contributed by atoms with Gasteiger partial charge in [-0.15, -0.1) is 11.3 Å². The Hall–Kier alpha value is -5.52. The highest BCUT2D eigenvalue weighted by Gasteiger charge is 2.21. The van der Waals surface area contributed by atoms with E-state index in [0.717, 1.165) is 65.2 Å². The third-order valence-electron chi connectivity index (χ3n) is 8.61. The van der Waals surface area contributed by atoms with E-state index in [1.54, 1.807) is 11.3 Å². The fourth-order valence-corrected chi connectivity index (χ4v) is 7.85. The lowest BCUT2D eigenvalue weighted by molar-refractivity contribution is 0.669. The van der Waals surface area contributed by atoms with Gasteiger partial charge in [-0.05, 0) is 47.2 Å². The number of furan rings is 1. The van der Waals surface area contributed by atoms with Gasteiger partial charge in [-0.2, -0.15) is 0 Å². The van der Waals surface area contributed by atoms with Crippen molar-refractivity contribution in [3.8, 4) is 17.2 Å². The van der Waals surface area contributed by atoms with Gasteiger partial charge in [0.2, 0.25) is 5.95 Å². The predicted octanol–water partition coefficient (Wildman–Crippen LogP) is 10.7. The third kappa shape index (κ3) is 3.20. The Kier molecular flexibility index (Phi) is 4.57. The van der Waals surface area contributed by atoms with Gasteiger partial charge >= 0.3 is 0 Å². The quantitative estimate of drug-likeness (QED) is 0.209. The average Bonchev–Trinajstić information content (AvgIpc) is 3.73. The summed E-state index contributed by atoms with van der Waals surface area (Å²) in [6.07, 6.45) is 0. The monoisotopic (exact) mass is 567 g/mol. The molecule has 5 heteroatoms. The second-order valence-corrected chi connectivity index (χ2v) is 12.0. The van der Waals surface area contributed by atoms with Crippen molar-refractivity contribution in [2.24, 2.45) is 0 Å². The summed E-state index contributed by atoms with van der Waals surface area (Å²) in [6.45, 7) is 0. The SMILES string of the molecule is c1ccc(-c2nc(-n3c4ccccc4c4cc5ccc6oc7ccccc7c6c5cc43)nc3c2sc2ccccc23)cc1. The predicted molar refractivity (Wildman–Crippen MR) is 179 cm³/mol. The van der Waals surface area contributed by atoms with Crippen LogP contribution in [0.25, 0.3) is 92.0 Å². The van der Waals surface area contributed by atoms with Crippen molar-refractivity contribution in [3.63, 3.8) is 0 Å². The van der Waals surface area contributed by atoms with E-state index in [0.29, 0.717) is 5.95 Å². The molecular formula is C38H21N3OS. The topological polar surface area (TPSA) is 43.9 Å². The molecule has 0 spiro atoms. The van der Waals surface area contributed by atoms with E-state index in [2.05, 4.69) is 114 Å². The smallest absolute Gasteiger partial charge is 0.235 e. The van der Waals surface area contributed by atoms with Crippen molar-refractivity contribution < 1.29 is 4.42 Å². The minimum Gasteiger partial charge on any atom is -0.456 e. The molecular weight excluding hydrogens is 547 g/mol. The minimum absolute atomic E-state index is 0.671. The molecule has 0 aliphatic heterocycles. The van der Waals surface area contributed by atoms with Crippen LogP contribution in [0.15, 0.2) is 132 Å². The van der Waals surface area contributed by atoms with Crippen LogP contribution in [0.4, 0.5) is 0 Å². The molecule has 0 atom stereocenters. The van der Waals surface area contributed by atoms with Gasteiger partial charge in [0.05, 0.1) is 26.9 Å². The molecule has 0 bridgehead atoms. The molecule has 200 valence electrons. The molecule has 4 aromatic heterocycles. The van der Waals surface area contributed by atoms with Crippen LogP contribution in [0.2, 0.25) is 0 Å². The fraction of sp³-hybridized carbons (Fsp3) is 0. The number of para-hydroxylation sites is 2. The second kappa shape index (κ2) is 8.51. The van der Waals surface area contributed by atoms with Crippen LogP contribution < -0.4 is 0 Å². The summed E-state index contributed by atoms with van der Waals surface area (Å²) in [5, 5.41) is 8.10. The third-order valence-corrected chi connectivity index (χ3v) is 9.77. The zero-order valence-electron chi connectivity index (χ0n) is 22.8. The Bertz CT molecular complexity index is 2730. The Labute approximate surface area is 249 Å². The second-order valence-electron chi connectivity index (χ2n) is 11.0. The van der Waals surface area contributed by atoms with Crippen LogP contribution in [0.5, 0.6) is 0 Å². The van der Waals surface area contributed by atoms with Gasteiger partial charge in [0.15, 0.2) is 0 Å². The highest BCUT2D eigenvalue weighted by molar-refractivity contribution is 7.26. The van der Waals surface area contributed by atoms with Crippen LogP contribution in [0.3, 0.4) is 0 Å². The van der Waals surface area contributed by atoms with Gasteiger partial charge < -0.3 is 4.42 Å². The van der Waals surface area contributed by atoms with Crippen molar-refractivity contribution in [1.29, 1.82) is 0 Å². The molecule has 0 saturated carbocycles. The first-order chi connectivity index (χ1) is 21.3. The first kappa shape index (κ1) is 23.1. The normalized spacial score (nSPS) is 12.2. The van der Waals surface area contributed by atoms with Crippen LogP contribution in [0.1, 0.15) is 0 Å². The molecule has 4 heterocycles. The molecule has 10 aromatic rings. The molecule has 43 heavy (non-hydrogen) atoms. The van der Waals surface area contributed by atoms with Crippen molar-refractivity contribution in [2.45, 2.75) is 0 Å². The maximum absolute atomic E-state index is 6.26. The van der Waals surface area contributed by atoms with E-state index in [4.69, 9.17) is 14.4 Å². The zero-order valence-corrected chi connectivity index (χ0v) is 23.6. The molecule has 0 amide bonds. The lowest BCUT2D eigenvalue weighted by Crippen LogP contribution is -2.02. The van der Waals surface area contributed by atoms with E-state index in [1.807, 2.05) is 18.2 Å². The van der Waals surface area contributed by atoms with Crippen LogP contribution in [0, 0.1) is 0 Å².